The van der Waals surface area contributed by atoms with Crippen molar-refractivity contribution in [2.75, 3.05) is 38.1 Å². The van der Waals surface area contributed by atoms with Crippen molar-refractivity contribution in [2.45, 2.75) is 0 Å². The summed E-state index contributed by atoms with van der Waals surface area (Å²) in [6.45, 7) is 3.59. The number of carboxylic acid groups (broad SMARTS) is 1. The van der Waals surface area contributed by atoms with Crippen molar-refractivity contribution in [1.82, 2.24) is 14.9 Å². The van der Waals surface area contributed by atoms with Crippen molar-refractivity contribution in [3.8, 4) is 11.3 Å². The highest BCUT2D eigenvalue weighted by molar-refractivity contribution is 5.94. The summed E-state index contributed by atoms with van der Waals surface area (Å²) in [6.07, 6.45) is 1.41. The lowest BCUT2D eigenvalue weighted by Crippen LogP contribution is -2.45. The van der Waals surface area contributed by atoms with E-state index in [1.807, 2.05) is 30.3 Å². The number of carboxylic acids is 1. The largest absolute Gasteiger partial charge is 0.478 e. The second kappa shape index (κ2) is 6.11. The second-order valence-electron chi connectivity index (χ2n) is 5.39. The molecule has 1 N–H and O–H groups in total. The van der Waals surface area contributed by atoms with E-state index in [4.69, 9.17) is 0 Å². The van der Waals surface area contributed by atoms with Gasteiger partial charge in [0.2, 0.25) is 5.95 Å². The maximum Gasteiger partial charge on any atom is 0.339 e. The van der Waals surface area contributed by atoms with Gasteiger partial charge >= 0.3 is 5.97 Å². The third-order valence-electron chi connectivity index (χ3n) is 3.84. The van der Waals surface area contributed by atoms with E-state index in [1.165, 1.54) is 6.20 Å². The molecule has 1 aliphatic heterocycles. The molecule has 1 fully saturated rings. The molecule has 0 bridgehead atoms. The Morgan fingerprint density at radius 1 is 1.14 bits per heavy atom. The van der Waals surface area contributed by atoms with E-state index < -0.39 is 5.97 Å². The van der Waals surface area contributed by atoms with E-state index in [1.54, 1.807) is 0 Å². The third-order valence-corrected chi connectivity index (χ3v) is 3.84. The lowest BCUT2D eigenvalue weighted by molar-refractivity contribution is 0.0697. The molecule has 0 aliphatic carbocycles. The summed E-state index contributed by atoms with van der Waals surface area (Å²) in [6, 6.07) is 9.37. The molecule has 0 saturated carbocycles. The predicted octanol–water partition coefficient (Wildman–Crippen LogP) is 1.59. The molecule has 1 aromatic carbocycles. The highest BCUT2D eigenvalue weighted by Crippen LogP contribution is 2.23. The highest BCUT2D eigenvalue weighted by Gasteiger charge is 2.20. The Labute approximate surface area is 129 Å². The van der Waals surface area contributed by atoms with Gasteiger partial charge in [-0.1, -0.05) is 30.3 Å². The van der Waals surface area contributed by atoms with E-state index in [9.17, 15) is 9.90 Å². The molecule has 0 amide bonds. The van der Waals surface area contributed by atoms with Gasteiger partial charge in [-0.25, -0.2) is 14.8 Å². The van der Waals surface area contributed by atoms with Crippen LogP contribution in [0.25, 0.3) is 11.3 Å². The fraction of sp³-hybridized carbons (Fsp3) is 0.312. The topological polar surface area (TPSA) is 69.6 Å². The first-order chi connectivity index (χ1) is 10.6. The lowest BCUT2D eigenvalue weighted by atomic mass is 10.1. The van der Waals surface area contributed by atoms with E-state index in [0.29, 0.717) is 11.6 Å². The summed E-state index contributed by atoms with van der Waals surface area (Å²) in [5.74, 6) is -0.416. The predicted molar refractivity (Wildman–Crippen MR) is 84.1 cm³/mol. The second-order valence-corrected chi connectivity index (χ2v) is 5.39. The van der Waals surface area contributed by atoms with Gasteiger partial charge in [0, 0.05) is 37.9 Å². The number of hydrogen-bond acceptors (Lipinski definition) is 5. The molecule has 1 aromatic heterocycles. The first kappa shape index (κ1) is 14.5. The molecule has 2 heterocycles. The van der Waals surface area contributed by atoms with Gasteiger partial charge in [-0.3, -0.25) is 0 Å². The summed E-state index contributed by atoms with van der Waals surface area (Å²) in [7, 11) is 2.08. The molecular formula is C16H18N4O2. The molecule has 22 heavy (non-hydrogen) atoms. The molecule has 0 radical (unpaired) electrons. The number of rotatable bonds is 3. The van der Waals surface area contributed by atoms with E-state index >= 15 is 0 Å². The van der Waals surface area contributed by atoms with E-state index in [2.05, 4.69) is 26.8 Å². The fourth-order valence-corrected chi connectivity index (χ4v) is 2.50. The normalized spacial score (nSPS) is 15.8. The molecule has 1 saturated heterocycles. The number of aromatic carboxylic acids is 1. The van der Waals surface area contributed by atoms with Gasteiger partial charge in [0.05, 0.1) is 5.69 Å². The number of piperazine rings is 1. The first-order valence-corrected chi connectivity index (χ1v) is 7.24. The number of carbonyl (C=O) groups is 1. The molecule has 3 rings (SSSR count). The maximum atomic E-state index is 11.4. The Kier molecular flexibility index (Phi) is 4.02. The molecule has 0 atom stereocenters. The summed E-state index contributed by atoms with van der Waals surface area (Å²) in [5.41, 5.74) is 1.39. The van der Waals surface area contributed by atoms with Crippen LogP contribution in [0.1, 0.15) is 10.4 Å². The van der Waals surface area contributed by atoms with Crippen molar-refractivity contribution in [1.29, 1.82) is 0 Å². The van der Waals surface area contributed by atoms with Gasteiger partial charge in [0.1, 0.15) is 5.56 Å². The minimum atomic E-state index is -1.01. The van der Waals surface area contributed by atoms with Gasteiger partial charge in [0.25, 0.3) is 0 Å². The summed E-state index contributed by atoms with van der Waals surface area (Å²) >= 11 is 0. The van der Waals surface area contributed by atoms with Crippen molar-refractivity contribution < 1.29 is 9.90 Å². The van der Waals surface area contributed by atoms with Crippen LogP contribution in [0.2, 0.25) is 0 Å². The van der Waals surface area contributed by atoms with Crippen LogP contribution >= 0.6 is 0 Å². The number of nitrogens with zero attached hydrogens (tertiary/aromatic N) is 4. The standard InChI is InChI=1S/C16H18N4O2/c1-19-7-9-20(10-8-19)16-17-11-13(15(21)22)14(18-16)12-5-3-2-4-6-12/h2-6,11H,7-10H2,1H3,(H,21,22). The van der Waals surface area contributed by atoms with Crippen LogP contribution in [0.5, 0.6) is 0 Å². The van der Waals surface area contributed by atoms with Crippen molar-refractivity contribution in [3.63, 3.8) is 0 Å². The molecule has 114 valence electrons. The van der Waals surface area contributed by atoms with Gasteiger partial charge in [0.15, 0.2) is 0 Å². The monoisotopic (exact) mass is 298 g/mol. The van der Waals surface area contributed by atoms with Crippen molar-refractivity contribution in [2.24, 2.45) is 0 Å². The van der Waals surface area contributed by atoms with Gasteiger partial charge in [-0.2, -0.15) is 0 Å². The zero-order chi connectivity index (χ0) is 15.5. The number of likely N-dealkylation sites (N-methyl/N-ethyl adjacent to an activating group) is 1. The van der Waals surface area contributed by atoms with Crippen LogP contribution < -0.4 is 4.90 Å². The Morgan fingerprint density at radius 2 is 1.82 bits per heavy atom. The molecule has 2 aromatic rings. The van der Waals surface area contributed by atoms with Gasteiger partial charge in [-0.05, 0) is 7.05 Å². The number of aromatic nitrogens is 2. The first-order valence-electron chi connectivity index (χ1n) is 7.24. The minimum Gasteiger partial charge on any atom is -0.478 e. The minimum absolute atomic E-state index is 0.129. The van der Waals surface area contributed by atoms with Crippen LogP contribution in [-0.2, 0) is 0 Å². The maximum absolute atomic E-state index is 11.4. The molecule has 0 spiro atoms. The van der Waals surface area contributed by atoms with Crippen LogP contribution in [0.15, 0.2) is 36.5 Å². The molecule has 0 unspecified atom stereocenters. The van der Waals surface area contributed by atoms with Crippen molar-refractivity contribution >= 4 is 11.9 Å². The SMILES string of the molecule is CN1CCN(c2ncc(C(=O)O)c(-c3ccccc3)n2)CC1. The molecular weight excluding hydrogens is 280 g/mol. The van der Waals surface area contributed by atoms with E-state index in [0.717, 1.165) is 31.7 Å². The Morgan fingerprint density at radius 3 is 2.45 bits per heavy atom. The van der Waals surface area contributed by atoms with Gasteiger partial charge < -0.3 is 14.9 Å². The Balaban J connectivity index is 1.99. The highest BCUT2D eigenvalue weighted by atomic mass is 16.4. The molecule has 6 nitrogen and oxygen atoms in total. The Hall–Kier alpha value is -2.47. The summed E-state index contributed by atoms with van der Waals surface area (Å²) in [4.78, 5) is 24.5. The van der Waals surface area contributed by atoms with Crippen LogP contribution in [0.4, 0.5) is 5.95 Å². The van der Waals surface area contributed by atoms with Crippen LogP contribution in [0.3, 0.4) is 0 Å². The number of hydrogen-bond donors (Lipinski definition) is 1. The zero-order valence-electron chi connectivity index (χ0n) is 12.4. The summed E-state index contributed by atoms with van der Waals surface area (Å²) in [5, 5.41) is 9.36. The molecule has 6 heteroatoms. The zero-order valence-corrected chi connectivity index (χ0v) is 12.4. The molecule has 1 aliphatic rings. The average Bonchev–Trinajstić information content (AvgIpc) is 2.56. The quantitative estimate of drug-likeness (QED) is 0.928. The fourth-order valence-electron chi connectivity index (χ4n) is 2.50. The summed E-state index contributed by atoms with van der Waals surface area (Å²) < 4.78 is 0. The smallest absolute Gasteiger partial charge is 0.339 e. The van der Waals surface area contributed by atoms with Crippen LogP contribution in [0, 0.1) is 0 Å². The van der Waals surface area contributed by atoms with Crippen LogP contribution in [-0.4, -0.2) is 59.2 Å². The third kappa shape index (κ3) is 2.92. The Bertz CT molecular complexity index is 667. The number of anilines is 1. The lowest BCUT2D eigenvalue weighted by Gasteiger charge is -2.32. The van der Waals surface area contributed by atoms with Gasteiger partial charge in [-0.15, -0.1) is 0 Å². The van der Waals surface area contributed by atoms with E-state index in [-0.39, 0.29) is 5.56 Å². The number of benzene rings is 1. The average molecular weight is 298 g/mol. The van der Waals surface area contributed by atoms with Crippen molar-refractivity contribution in [3.05, 3.63) is 42.1 Å².